The van der Waals surface area contributed by atoms with E-state index in [-0.39, 0.29) is 17.7 Å². The molecule has 0 radical (unpaired) electrons. The maximum Gasteiger partial charge on any atom is 0.416 e. The number of carbonyl (C=O) groups excluding carboxylic acids is 1. The van der Waals surface area contributed by atoms with Gasteiger partial charge in [0.15, 0.2) is 5.11 Å². The van der Waals surface area contributed by atoms with Gasteiger partial charge in [-0.2, -0.15) is 13.2 Å². The Morgan fingerprint density at radius 2 is 1.88 bits per heavy atom. The van der Waals surface area contributed by atoms with E-state index < -0.39 is 23.8 Å². The number of benzene rings is 1. The van der Waals surface area contributed by atoms with Crippen molar-refractivity contribution in [3.05, 3.63) is 46.7 Å². The lowest BCUT2D eigenvalue weighted by Crippen LogP contribution is -2.47. The standard InChI is InChI=1S/C17H19F3N2O2S/c1-5-24-15(23)13-10(2)21(3)16(25)22(4)14(13)11-8-6-7-9-12(11)17(18,19)20/h6-9,14H,5H2,1-4H3/t14-/m1/s1. The number of alkyl halides is 3. The Bertz CT molecular complexity index is 731. The van der Waals surface area contributed by atoms with Crippen LogP contribution in [-0.2, 0) is 15.7 Å². The second kappa shape index (κ2) is 7.03. The van der Waals surface area contributed by atoms with Crippen molar-refractivity contribution in [1.82, 2.24) is 9.80 Å². The largest absolute Gasteiger partial charge is 0.463 e. The Morgan fingerprint density at radius 1 is 1.28 bits per heavy atom. The highest BCUT2D eigenvalue weighted by Gasteiger charge is 2.42. The lowest BCUT2D eigenvalue weighted by atomic mass is 9.90. The van der Waals surface area contributed by atoms with Gasteiger partial charge in [0.25, 0.3) is 0 Å². The van der Waals surface area contributed by atoms with Gasteiger partial charge in [-0.1, -0.05) is 18.2 Å². The van der Waals surface area contributed by atoms with Gasteiger partial charge in [0.2, 0.25) is 0 Å². The molecule has 1 aromatic carbocycles. The van der Waals surface area contributed by atoms with Gasteiger partial charge in [0, 0.05) is 19.8 Å². The maximum absolute atomic E-state index is 13.5. The predicted octanol–water partition coefficient (Wildman–Crippen LogP) is 3.75. The molecule has 1 atom stereocenters. The minimum absolute atomic E-state index is 0.0321. The molecule has 2 rings (SSSR count). The lowest BCUT2D eigenvalue weighted by molar-refractivity contribution is -0.141. The topological polar surface area (TPSA) is 32.8 Å². The number of ether oxygens (including phenoxy) is 1. The minimum atomic E-state index is -4.55. The molecule has 1 aromatic rings. The number of halogens is 3. The van der Waals surface area contributed by atoms with Crippen LogP contribution in [0.4, 0.5) is 13.2 Å². The fraction of sp³-hybridized carbons (Fsp3) is 0.412. The molecule has 25 heavy (non-hydrogen) atoms. The normalized spacial score (nSPS) is 18.7. The number of esters is 1. The van der Waals surface area contributed by atoms with Crippen LogP contribution in [0.5, 0.6) is 0 Å². The summed E-state index contributed by atoms with van der Waals surface area (Å²) < 4.78 is 45.5. The molecule has 136 valence electrons. The van der Waals surface area contributed by atoms with Crippen LogP contribution in [0.2, 0.25) is 0 Å². The smallest absolute Gasteiger partial charge is 0.416 e. The van der Waals surface area contributed by atoms with E-state index in [9.17, 15) is 18.0 Å². The first-order valence-electron chi connectivity index (χ1n) is 7.65. The highest BCUT2D eigenvalue weighted by molar-refractivity contribution is 7.80. The number of hydrogen-bond acceptors (Lipinski definition) is 3. The summed E-state index contributed by atoms with van der Waals surface area (Å²) in [5.74, 6) is -0.650. The van der Waals surface area contributed by atoms with Crippen LogP contribution in [0, 0.1) is 0 Å². The van der Waals surface area contributed by atoms with Crippen molar-refractivity contribution in [3.8, 4) is 0 Å². The van der Waals surface area contributed by atoms with E-state index >= 15 is 0 Å². The zero-order valence-corrected chi connectivity index (χ0v) is 15.2. The second-order valence-corrected chi connectivity index (χ2v) is 6.02. The van der Waals surface area contributed by atoms with Crippen molar-refractivity contribution < 1.29 is 22.7 Å². The van der Waals surface area contributed by atoms with E-state index in [2.05, 4.69) is 0 Å². The first kappa shape index (κ1) is 19.2. The fourth-order valence-corrected chi connectivity index (χ4v) is 3.13. The van der Waals surface area contributed by atoms with E-state index in [1.807, 2.05) is 0 Å². The molecule has 0 spiro atoms. The quantitative estimate of drug-likeness (QED) is 0.596. The summed E-state index contributed by atoms with van der Waals surface area (Å²) in [6, 6.07) is 4.23. The van der Waals surface area contributed by atoms with Gasteiger partial charge in [0.05, 0.1) is 23.8 Å². The molecule has 0 N–H and O–H groups in total. The molecule has 1 heterocycles. The van der Waals surface area contributed by atoms with E-state index in [0.29, 0.717) is 10.8 Å². The highest BCUT2D eigenvalue weighted by Crippen LogP contribution is 2.42. The zero-order chi connectivity index (χ0) is 18.9. The molecule has 0 aliphatic carbocycles. The van der Waals surface area contributed by atoms with Crippen molar-refractivity contribution in [1.29, 1.82) is 0 Å². The van der Waals surface area contributed by atoms with E-state index in [0.717, 1.165) is 6.07 Å². The summed E-state index contributed by atoms with van der Waals surface area (Å²) in [6.07, 6.45) is -4.55. The number of hydrogen-bond donors (Lipinski definition) is 0. The summed E-state index contributed by atoms with van der Waals surface area (Å²) in [5, 5.41) is 0.326. The number of carbonyl (C=O) groups is 1. The number of allylic oxidation sites excluding steroid dienone is 1. The number of thiocarbonyl (C=S) groups is 1. The van der Waals surface area contributed by atoms with Gasteiger partial charge in [-0.3, -0.25) is 0 Å². The van der Waals surface area contributed by atoms with Gasteiger partial charge in [-0.15, -0.1) is 0 Å². The molecule has 0 saturated carbocycles. The third-order valence-electron chi connectivity index (χ3n) is 4.20. The Hall–Kier alpha value is -2.09. The Balaban J connectivity index is 2.72. The van der Waals surface area contributed by atoms with Gasteiger partial charge >= 0.3 is 12.1 Å². The molecule has 1 aliphatic heterocycles. The van der Waals surface area contributed by atoms with Crippen molar-refractivity contribution in [2.45, 2.75) is 26.1 Å². The summed E-state index contributed by atoms with van der Waals surface area (Å²) in [6.45, 7) is 3.42. The van der Waals surface area contributed by atoms with Crippen LogP contribution in [-0.4, -0.2) is 41.6 Å². The van der Waals surface area contributed by atoms with Crippen LogP contribution < -0.4 is 0 Å². The van der Waals surface area contributed by atoms with Crippen LogP contribution >= 0.6 is 12.2 Å². The lowest BCUT2D eigenvalue weighted by Gasteiger charge is -2.42. The third-order valence-corrected chi connectivity index (χ3v) is 4.76. The van der Waals surface area contributed by atoms with Crippen molar-refractivity contribution >= 4 is 23.3 Å². The molecule has 0 amide bonds. The van der Waals surface area contributed by atoms with Gasteiger partial charge in [-0.25, -0.2) is 4.79 Å². The zero-order valence-electron chi connectivity index (χ0n) is 14.3. The first-order valence-corrected chi connectivity index (χ1v) is 8.06. The maximum atomic E-state index is 13.5. The Labute approximate surface area is 149 Å². The molecule has 0 saturated heterocycles. The fourth-order valence-electron chi connectivity index (χ4n) is 2.89. The first-order chi connectivity index (χ1) is 11.6. The third kappa shape index (κ3) is 3.49. The van der Waals surface area contributed by atoms with E-state index in [1.165, 1.54) is 23.1 Å². The molecular formula is C17H19F3N2O2S. The van der Waals surface area contributed by atoms with Crippen LogP contribution in [0.1, 0.15) is 31.0 Å². The van der Waals surface area contributed by atoms with Crippen molar-refractivity contribution in [2.75, 3.05) is 20.7 Å². The van der Waals surface area contributed by atoms with E-state index in [1.54, 1.807) is 32.8 Å². The Kier molecular flexibility index (Phi) is 5.41. The monoisotopic (exact) mass is 372 g/mol. The summed E-state index contributed by atoms with van der Waals surface area (Å²) in [7, 11) is 3.24. The molecule has 8 heteroatoms. The number of likely N-dealkylation sites (N-methyl/N-ethyl adjacent to an activating group) is 1. The average molecular weight is 372 g/mol. The van der Waals surface area contributed by atoms with Crippen molar-refractivity contribution in [3.63, 3.8) is 0 Å². The molecule has 0 bridgehead atoms. The summed E-state index contributed by atoms with van der Waals surface area (Å²) >= 11 is 5.33. The Morgan fingerprint density at radius 3 is 2.44 bits per heavy atom. The summed E-state index contributed by atoms with van der Waals surface area (Å²) in [5.41, 5.74) is -0.204. The van der Waals surface area contributed by atoms with Crippen LogP contribution in [0.15, 0.2) is 35.5 Å². The number of rotatable bonds is 3. The molecule has 0 unspecified atom stereocenters. The summed E-state index contributed by atoms with van der Waals surface area (Å²) in [4.78, 5) is 15.6. The molecule has 1 aliphatic rings. The van der Waals surface area contributed by atoms with Gasteiger partial charge in [0.1, 0.15) is 0 Å². The SMILES string of the molecule is CCOC(=O)C1=C(C)N(C)C(=S)N(C)[C@@H]1c1ccccc1C(F)(F)F. The average Bonchev–Trinajstić information content (AvgIpc) is 2.55. The van der Waals surface area contributed by atoms with Crippen LogP contribution in [0.25, 0.3) is 0 Å². The van der Waals surface area contributed by atoms with Crippen LogP contribution in [0.3, 0.4) is 0 Å². The van der Waals surface area contributed by atoms with Crippen molar-refractivity contribution in [2.24, 2.45) is 0 Å². The van der Waals surface area contributed by atoms with E-state index in [4.69, 9.17) is 17.0 Å². The minimum Gasteiger partial charge on any atom is -0.463 e. The molecular weight excluding hydrogens is 353 g/mol. The second-order valence-electron chi connectivity index (χ2n) is 5.66. The molecule has 0 aromatic heterocycles. The van der Waals surface area contributed by atoms with Gasteiger partial charge < -0.3 is 14.5 Å². The predicted molar refractivity (Wildman–Crippen MR) is 91.6 cm³/mol. The highest BCUT2D eigenvalue weighted by atomic mass is 32.1. The number of nitrogens with zero attached hydrogens (tertiary/aromatic N) is 2. The van der Waals surface area contributed by atoms with Gasteiger partial charge in [-0.05, 0) is 37.7 Å². The molecule has 0 fully saturated rings. The molecule has 4 nitrogen and oxygen atoms in total.